The molecule has 0 radical (unpaired) electrons. The Bertz CT molecular complexity index is 243. The topological polar surface area (TPSA) is 69.4 Å². The fourth-order valence-electron chi connectivity index (χ4n) is 1.03. The van der Waals surface area contributed by atoms with E-state index in [2.05, 4.69) is 22.9 Å². The summed E-state index contributed by atoms with van der Waals surface area (Å²) in [5.41, 5.74) is 0. The smallest absolute Gasteiger partial charge is 0.306 e. The summed E-state index contributed by atoms with van der Waals surface area (Å²) in [6, 6.07) is 0. The van der Waals surface area contributed by atoms with Crippen LogP contribution in [0.15, 0.2) is 0 Å². The van der Waals surface area contributed by atoms with Gasteiger partial charge in [-0.1, -0.05) is 26.2 Å². The van der Waals surface area contributed by atoms with E-state index in [0.29, 0.717) is 6.42 Å². The molecule has 0 N–H and O–H groups in total. The zero-order valence-corrected chi connectivity index (χ0v) is 11.3. The SMILES string of the molecule is CCCCCCC(=O)OCC(C)(Br)[N+](=O)[O-]. The highest BCUT2D eigenvalue weighted by Crippen LogP contribution is 2.18. The molecule has 0 bridgehead atoms. The normalized spacial score (nSPS) is 14.2. The van der Waals surface area contributed by atoms with Crippen molar-refractivity contribution in [3.63, 3.8) is 0 Å². The van der Waals surface area contributed by atoms with Crippen LogP contribution in [0, 0.1) is 10.1 Å². The zero-order valence-electron chi connectivity index (χ0n) is 9.70. The molecule has 0 aliphatic heterocycles. The summed E-state index contributed by atoms with van der Waals surface area (Å²) < 4.78 is 3.44. The molecule has 0 heterocycles. The number of nitro groups is 1. The number of hydrogen-bond donors (Lipinski definition) is 0. The van der Waals surface area contributed by atoms with Crippen molar-refractivity contribution < 1.29 is 14.5 Å². The Hall–Kier alpha value is -0.650. The number of nitrogens with zero attached hydrogens (tertiary/aromatic N) is 1. The summed E-state index contributed by atoms with van der Waals surface area (Å²) in [6.45, 7) is 3.20. The molecule has 0 aliphatic rings. The van der Waals surface area contributed by atoms with Crippen molar-refractivity contribution in [3.8, 4) is 0 Å². The lowest BCUT2D eigenvalue weighted by Crippen LogP contribution is -2.33. The van der Waals surface area contributed by atoms with Crippen LogP contribution in [0.4, 0.5) is 0 Å². The molecule has 94 valence electrons. The molecule has 0 aromatic rings. The average molecular weight is 296 g/mol. The molecule has 5 nitrogen and oxygen atoms in total. The molecular formula is C10H18BrNO4. The first kappa shape index (κ1) is 15.3. The van der Waals surface area contributed by atoms with Gasteiger partial charge in [0.25, 0.3) is 0 Å². The predicted molar refractivity (Wildman–Crippen MR) is 64.0 cm³/mol. The third-order valence-electron chi connectivity index (χ3n) is 2.11. The maximum Gasteiger partial charge on any atom is 0.306 e. The van der Waals surface area contributed by atoms with E-state index < -0.39 is 9.37 Å². The number of carbonyl (C=O) groups is 1. The Morgan fingerprint density at radius 1 is 1.44 bits per heavy atom. The molecule has 1 unspecified atom stereocenters. The lowest BCUT2D eigenvalue weighted by molar-refractivity contribution is -0.533. The van der Waals surface area contributed by atoms with E-state index in [0.717, 1.165) is 25.7 Å². The minimum Gasteiger partial charge on any atom is -0.457 e. The first-order valence-electron chi connectivity index (χ1n) is 5.39. The van der Waals surface area contributed by atoms with E-state index in [1.165, 1.54) is 6.92 Å². The van der Waals surface area contributed by atoms with Gasteiger partial charge in [-0.3, -0.25) is 14.9 Å². The minimum atomic E-state index is -1.38. The first-order chi connectivity index (χ1) is 7.40. The second-order valence-electron chi connectivity index (χ2n) is 3.87. The van der Waals surface area contributed by atoms with E-state index in [9.17, 15) is 14.9 Å². The predicted octanol–water partition coefficient (Wildman–Crippen LogP) is 2.89. The third kappa shape index (κ3) is 6.76. The summed E-state index contributed by atoms with van der Waals surface area (Å²) in [4.78, 5) is 21.2. The third-order valence-corrected chi connectivity index (χ3v) is 2.63. The van der Waals surface area contributed by atoms with Gasteiger partial charge in [-0.25, -0.2) is 0 Å². The van der Waals surface area contributed by atoms with Gasteiger partial charge in [0.2, 0.25) is 0 Å². The Labute approximate surface area is 104 Å². The van der Waals surface area contributed by atoms with Gasteiger partial charge in [0.05, 0.1) is 0 Å². The first-order valence-corrected chi connectivity index (χ1v) is 6.18. The van der Waals surface area contributed by atoms with Crippen molar-refractivity contribution >= 4 is 21.9 Å². The van der Waals surface area contributed by atoms with Gasteiger partial charge >= 0.3 is 10.4 Å². The molecule has 0 aromatic carbocycles. The van der Waals surface area contributed by atoms with Gasteiger partial charge in [0.1, 0.15) is 0 Å². The molecule has 16 heavy (non-hydrogen) atoms. The van der Waals surface area contributed by atoms with Gasteiger partial charge in [-0.2, -0.15) is 0 Å². The second-order valence-corrected chi connectivity index (χ2v) is 5.58. The van der Waals surface area contributed by atoms with E-state index in [1.807, 2.05) is 0 Å². The van der Waals surface area contributed by atoms with Crippen molar-refractivity contribution in [1.82, 2.24) is 0 Å². The van der Waals surface area contributed by atoms with E-state index in [-0.39, 0.29) is 12.6 Å². The summed E-state index contributed by atoms with van der Waals surface area (Å²) >= 11 is 2.89. The number of alkyl halides is 1. The van der Waals surface area contributed by atoms with Crippen molar-refractivity contribution in [2.45, 2.75) is 50.4 Å². The highest BCUT2D eigenvalue weighted by atomic mass is 79.9. The highest BCUT2D eigenvalue weighted by molar-refractivity contribution is 9.10. The monoisotopic (exact) mass is 295 g/mol. The lowest BCUT2D eigenvalue weighted by Gasteiger charge is -2.13. The number of rotatable bonds is 8. The van der Waals surface area contributed by atoms with Crippen LogP contribution in [0.3, 0.4) is 0 Å². The molecule has 0 saturated carbocycles. The van der Waals surface area contributed by atoms with Crippen LogP contribution in [0.1, 0.15) is 46.0 Å². The molecule has 0 aromatic heterocycles. The molecule has 0 rings (SSSR count). The van der Waals surface area contributed by atoms with Gasteiger partial charge in [-0.15, -0.1) is 0 Å². The summed E-state index contributed by atoms with van der Waals surface area (Å²) in [7, 11) is 0. The largest absolute Gasteiger partial charge is 0.457 e. The molecule has 0 amide bonds. The van der Waals surface area contributed by atoms with Gasteiger partial charge in [-0.05, 0) is 6.42 Å². The number of carbonyl (C=O) groups excluding carboxylic acids is 1. The molecule has 0 spiro atoms. The van der Waals surface area contributed by atoms with Gasteiger partial charge in [0, 0.05) is 34.2 Å². The summed E-state index contributed by atoms with van der Waals surface area (Å²) in [5, 5.41) is 10.5. The molecule has 0 aliphatic carbocycles. The van der Waals surface area contributed by atoms with Crippen LogP contribution >= 0.6 is 15.9 Å². The van der Waals surface area contributed by atoms with Gasteiger partial charge in [0.15, 0.2) is 6.61 Å². The average Bonchev–Trinajstić information content (AvgIpc) is 2.21. The van der Waals surface area contributed by atoms with Crippen LogP contribution in [-0.2, 0) is 9.53 Å². The number of ether oxygens (including phenoxy) is 1. The number of halogens is 1. The van der Waals surface area contributed by atoms with Gasteiger partial charge < -0.3 is 4.74 Å². The van der Waals surface area contributed by atoms with Crippen LogP contribution < -0.4 is 0 Å². The van der Waals surface area contributed by atoms with Crippen molar-refractivity contribution in [3.05, 3.63) is 10.1 Å². The lowest BCUT2D eigenvalue weighted by atomic mass is 10.2. The standard InChI is InChI=1S/C10H18BrNO4/c1-3-4-5-6-7-9(13)16-8-10(2,11)12(14)15/h3-8H2,1-2H3. The van der Waals surface area contributed by atoms with Crippen molar-refractivity contribution in [2.24, 2.45) is 0 Å². The number of unbranched alkanes of at least 4 members (excludes halogenated alkanes) is 3. The molecule has 0 fully saturated rings. The maximum atomic E-state index is 11.2. The van der Waals surface area contributed by atoms with Crippen molar-refractivity contribution in [2.75, 3.05) is 6.61 Å². The quantitative estimate of drug-likeness (QED) is 0.172. The molecule has 6 heteroatoms. The number of hydrogen-bond acceptors (Lipinski definition) is 4. The zero-order chi connectivity index (χ0) is 12.6. The van der Waals surface area contributed by atoms with Crippen LogP contribution in [0.5, 0.6) is 0 Å². The van der Waals surface area contributed by atoms with Crippen LogP contribution in [0.25, 0.3) is 0 Å². The van der Waals surface area contributed by atoms with E-state index >= 15 is 0 Å². The molecule has 1 atom stereocenters. The van der Waals surface area contributed by atoms with Crippen LogP contribution in [0.2, 0.25) is 0 Å². The Morgan fingerprint density at radius 3 is 2.56 bits per heavy atom. The highest BCUT2D eigenvalue weighted by Gasteiger charge is 2.35. The number of esters is 1. The fraction of sp³-hybridized carbons (Fsp3) is 0.900. The summed E-state index contributed by atoms with van der Waals surface area (Å²) in [6.07, 6.45) is 4.31. The Morgan fingerprint density at radius 2 is 2.06 bits per heavy atom. The van der Waals surface area contributed by atoms with E-state index in [1.54, 1.807) is 0 Å². The van der Waals surface area contributed by atoms with Crippen molar-refractivity contribution in [1.29, 1.82) is 0 Å². The minimum absolute atomic E-state index is 0.243. The molecule has 0 saturated heterocycles. The van der Waals surface area contributed by atoms with E-state index in [4.69, 9.17) is 4.74 Å². The Kier molecular flexibility index (Phi) is 7.29. The van der Waals surface area contributed by atoms with Crippen LogP contribution in [-0.4, -0.2) is 21.9 Å². The summed E-state index contributed by atoms with van der Waals surface area (Å²) in [5.74, 6) is -0.372. The fourth-order valence-corrected chi connectivity index (χ4v) is 1.15. The Balaban J connectivity index is 3.69. The maximum absolute atomic E-state index is 11.2. The molecular weight excluding hydrogens is 278 g/mol. The second kappa shape index (κ2) is 7.60.